The highest BCUT2D eigenvalue weighted by Crippen LogP contribution is 2.27. The molecule has 0 spiro atoms. The fourth-order valence-corrected chi connectivity index (χ4v) is 1.24. The molecule has 17 heavy (non-hydrogen) atoms. The fourth-order valence-electron chi connectivity index (χ4n) is 0.831. The molecule has 92 valence electrons. The molecule has 0 saturated heterocycles. The summed E-state index contributed by atoms with van der Waals surface area (Å²) in [5.74, 6) is -1.38. The summed E-state index contributed by atoms with van der Waals surface area (Å²) in [6, 6.07) is 0. The number of carboxylic acid groups (broad SMARTS) is 2. The van der Waals surface area contributed by atoms with E-state index in [0.717, 1.165) is 0 Å². The average molecular weight is 284 g/mol. The summed E-state index contributed by atoms with van der Waals surface area (Å²) in [4.78, 5) is 33.9. The molecule has 1 heterocycles. The maximum atomic E-state index is 11.3. The van der Waals surface area contributed by atoms with Crippen LogP contribution in [0.15, 0.2) is 4.79 Å². The van der Waals surface area contributed by atoms with Crippen LogP contribution in [-0.2, 0) is 0 Å². The highest BCUT2D eigenvalue weighted by Gasteiger charge is 2.19. The smallest absolute Gasteiger partial charge is 0.449 e. The molecule has 1 aromatic rings. The van der Waals surface area contributed by atoms with Crippen LogP contribution in [-0.4, -0.2) is 27.5 Å². The van der Waals surface area contributed by atoms with Crippen LogP contribution in [0.3, 0.4) is 0 Å². The van der Waals surface area contributed by atoms with Crippen LogP contribution in [0.25, 0.3) is 0 Å². The quantitative estimate of drug-likeness (QED) is 0.706. The van der Waals surface area contributed by atoms with Gasteiger partial charge in [0.15, 0.2) is 10.0 Å². The van der Waals surface area contributed by atoms with E-state index >= 15 is 0 Å². The van der Waals surface area contributed by atoms with Crippen molar-refractivity contribution in [1.82, 2.24) is 4.98 Å². The van der Waals surface area contributed by atoms with Crippen molar-refractivity contribution in [1.29, 1.82) is 0 Å². The highest BCUT2D eigenvalue weighted by atomic mass is 35.5. The van der Waals surface area contributed by atoms with Crippen LogP contribution in [0.1, 0.15) is 0 Å². The van der Waals surface area contributed by atoms with Gasteiger partial charge in [-0.1, -0.05) is 23.2 Å². The Kier molecular flexibility index (Phi) is 3.81. The lowest BCUT2D eigenvalue weighted by molar-refractivity contribution is 0.139. The van der Waals surface area contributed by atoms with Crippen molar-refractivity contribution in [2.24, 2.45) is 0 Å². The van der Waals surface area contributed by atoms with Gasteiger partial charge in [0, 0.05) is 0 Å². The van der Waals surface area contributed by atoms with Gasteiger partial charge in [0.2, 0.25) is 17.2 Å². The minimum atomic E-state index is -1.76. The second-order valence-corrected chi connectivity index (χ2v) is 3.23. The third-order valence-electron chi connectivity index (χ3n) is 1.40. The Morgan fingerprint density at radius 1 is 1.00 bits per heavy atom. The summed E-state index contributed by atoms with van der Waals surface area (Å²) in [5, 5.41) is 15.4. The zero-order valence-corrected chi connectivity index (χ0v) is 9.20. The topological polar surface area (TPSA) is 126 Å². The number of hydrogen-bond acceptors (Lipinski definition) is 5. The van der Waals surface area contributed by atoms with Crippen molar-refractivity contribution in [2.45, 2.75) is 0 Å². The Morgan fingerprint density at radius 3 is 1.65 bits per heavy atom. The average Bonchev–Trinajstić information content (AvgIpc) is 2.20. The van der Waals surface area contributed by atoms with E-state index in [-0.39, 0.29) is 0 Å². The third-order valence-corrected chi connectivity index (χ3v) is 2.09. The molecule has 0 aromatic carbocycles. The van der Waals surface area contributed by atoms with Crippen LogP contribution in [0.4, 0.5) is 9.59 Å². The Morgan fingerprint density at radius 2 is 1.35 bits per heavy atom. The lowest BCUT2D eigenvalue weighted by Crippen LogP contribution is -2.15. The minimum Gasteiger partial charge on any atom is -0.449 e. The van der Waals surface area contributed by atoms with Gasteiger partial charge in [0.1, 0.15) is 0 Å². The van der Waals surface area contributed by atoms with Crippen LogP contribution in [0.5, 0.6) is 11.8 Å². The van der Waals surface area contributed by atoms with Gasteiger partial charge in [0.05, 0.1) is 0 Å². The molecule has 0 radical (unpaired) electrons. The van der Waals surface area contributed by atoms with E-state index < -0.39 is 39.5 Å². The molecule has 1 rings (SSSR count). The van der Waals surface area contributed by atoms with Crippen LogP contribution in [0.2, 0.25) is 10.0 Å². The first-order chi connectivity index (χ1) is 7.82. The summed E-state index contributed by atoms with van der Waals surface area (Å²) in [6.45, 7) is 0. The standard InChI is InChI=1S/C7H3Cl2NO7/c8-1-3(11)2(9)5(17-7(14)15)10-4(1)16-6(12)13/h(H,10,11)(H,12,13)(H,14,15). The third kappa shape index (κ3) is 3.02. The molecule has 0 amide bonds. The predicted octanol–water partition coefficient (Wildman–Crippen LogP) is 1.80. The molecule has 0 fully saturated rings. The van der Waals surface area contributed by atoms with Gasteiger partial charge in [-0.2, -0.15) is 0 Å². The summed E-state index contributed by atoms with van der Waals surface area (Å²) in [7, 11) is 0. The largest absolute Gasteiger partial charge is 0.512 e. The number of aromatic nitrogens is 1. The van der Waals surface area contributed by atoms with Gasteiger partial charge in [-0.05, 0) is 0 Å². The number of aromatic amines is 1. The van der Waals surface area contributed by atoms with Crippen molar-refractivity contribution < 1.29 is 29.3 Å². The molecule has 0 aliphatic carbocycles. The number of rotatable bonds is 2. The molecular formula is C7H3Cl2NO7. The molecule has 0 bridgehead atoms. The Balaban J connectivity index is 3.33. The lowest BCUT2D eigenvalue weighted by Gasteiger charge is -2.06. The molecule has 0 aliphatic heterocycles. The van der Waals surface area contributed by atoms with Crippen LogP contribution < -0.4 is 14.9 Å². The molecule has 0 aliphatic rings. The van der Waals surface area contributed by atoms with Crippen molar-refractivity contribution in [3.63, 3.8) is 0 Å². The molecule has 10 heteroatoms. The van der Waals surface area contributed by atoms with Gasteiger partial charge in [-0.3, -0.25) is 9.78 Å². The van der Waals surface area contributed by atoms with E-state index in [2.05, 4.69) is 9.47 Å². The van der Waals surface area contributed by atoms with Crippen LogP contribution in [0, 0.1) is 0 Å². The molecule has 0 atom stereocenters. The molecule has 8 nitrogen and oxygen atoms in total. The maximum absolute atomic E-state index is 11.3. The van der Waals surface area contributed by atoms with Gasteiger partial charge < -0.3 is 19.7 Å². The van der Waals surface area contributed by atoms with Gasteiger partial charge >= 0.3 is 12.3 Å². The summed E-state index contributed by atoms with van der Waals surface area (Å²) >= 11 is 10.9. The zero-order valence-electron chi connectivity index (χ0n) is 7.69. The van der Waals surface area contributed by atoms with Crippen LogP contribution >= 0.6 is 23.2 Å². The molecule has 3 N–H and O–H groups in total. The summed E-state index contributed by atoms with van der Waals surface area (Å²) < 4.78 is 8.20. The van der Waals surface area contributed by atoms with Crippen molar-refractivity contribution >= 4 is 35.5 Å². The Bertz CT molecular complexity index is 495. The fraction of sp³-hybridized carbons (Fsp3) is 0. The molecule has 0 saturated carbocycles. The van der Waals surface area contributed by atoms with Gasteiger partial charge in [-0.25, -0.2) is 9.59 Å². The normalized spacial score (nSPS) is 9.76. The summed E-state index contributed by atoms with van der Waals surface area (Å²) in [6.07, 6.45) is -3.52. The monoisotopic (exact) mass is 283 g/mol. The van der Waals surface area contributed by atoms with Crippen molar-refractivity contribution in [3.8, 4) is 11.8 Å². The van der Waals surface area contributed by atoms with E-state index in [1.54, 1.807) is 0 Å². The minimum absolute atomic E-state index is 0.643. The number of pyridine rings is 1. The first-order valence-corrected chi connectivity index (χ1v) is 4.51. The number of halogens is 2. The Hall–Kier alpha value is -1.93. The second kappa shape index (κ2) is 4.93. The van der Waals surface area contributed by atoms with Gasteiger partial charge in [0.25, 0.3) is 0 Å². The Labute approximate surface area is 102 Å². The number of hydrogen-bond donors (Lipinski definition) is 3. The van der Waals surface area contributed by atoms with E-state index in [1.807, 2.05) is 4.98 Å². The number of ether oxygens (including phenoxy) is 2. The predicted molar refractivity (Wildman–Crippen MR) is 54.4 cm³/mol. The molecular weight excluding hydrogens is 281 g/mol. The van der Waals surface area contributed by atoms with E-state index in [1.165, 1.54) is 0 Å². The zero-order chi connectivity index (χ0) is 13.2. The van der Waals surface area contributed by atoms with Crippen molar-refractivity contribution in [3.05, 3.63) is 20.3 Å². The first kappa shape index (κ1) is 13.1. The van der Waals surface area contributed by atoms with Gasteiger partial charge in [-0.15, -0.1) is 0 Å². The van der Waals surface area contributed by atoms with E-state index in [4.69, 9.17) is 33.4 Å². The van der Waals surface area contributed by atoms with E-state index in [0.29, 0.717) is 0 Å². The second-order valence-electron chi connectivity index (χ2n) is 2.48. The number of H-pyrrole nitrogens is 1. The maximum Gasteiger partial charge on any atom is 0.512 e. The summed E-state index contributed by atoms with van der Waals surface area (Å²) in [5.41, 5.74) is -1.03. The SMILES string of the molecule is O=C(O)Oc1[nH]c(OC(=O)O)c(Cl)c(=O)c1Cl. The lowest BCUT2D eigenvalue weighted by atomic mass is 10.4. The molecule has 0 unspecified atom stereocenters. The van der Waals surface area contributed by atoms with E-state index in [9.17, 15) is 14.4 Å². The highest BCUT2D eigenvalue weighted by molar-refractivity contribution is 6.36. The number of carbonyl (C=O) groups is 2. The first-order valence-electron chi connectivity index (χ1n) is 3.75. The van der Waals surface area contributed by atoms with Crippen molar-refractivity contribution in [2.75, 3.05) is 0 Å². The number of nitrogens with one attached hydrogen (secondary N) is 1. The molecule has 1 aromatic heterocycles.